The van der Waals surface area contributed by atoms with Crippen molar-refractivity contribution in [1.29, 1.82) is 0 Å². The molecule has 1 atom stereocenters. The number of aromatic nitrogens is 1. The van der Waals surface area contributed by atoms with Crippen molar-refractivity contribution in [2.45, 2.75) is 54.1 Å². The molecule has 7 heteroatoms. The number of carbonyl (C=O) groups is 1. The Morgan fingerprint density at radius 1 is 1.10 bits per heavy atom. The van der Waals surface area contributed by atoms with E-state index in [1.165, 1.54) is 49.6 Å². The maximum atomic E-state index is 13.1. The number of aromatic amines is 1. The Hall–Kier alpha value is -2.41. The van der Waals surface area contributed by atoms with E-state index in [9.17, 15) is 18.0 Å². The van der Waals surface area contributed by atoms with E-state index in [0.29, 0.717) is 15.9 Å². The fraction of sp³-hybridized carbons (Fsp3) is 0.348. The summed E-state index contributed by atoms with van der Waals surface area (Å²) in [6.45, 7) is 0. The molecule has 1 aromatic heterocycles. The van der Waals surface area contributed by atoms with Crippen molar-refractivity contribution >= 4 is 28.6 Å². The molecule has 0 radical (unpaired) electrons. The Labute approximate surface area is 176 Å². The minimum absolute atomic E-state index is 0.0783. The Morgan fingerprint density at radius 2 is 1.87 bits per heavy atom. The number of hydrogen-bond donors (Lipinski definition) is 2. The number of benzene rings is 2. The van der Waals surface area contributed by atoms with Crippen LogP contribution in [0.4, 0.5) is 13.2 Å². The molecule has 2 N–H and O–H groups in total. The van der Waals surface area contributed by atoms with Gasteiger partial charge in [0.05, 0.1) is 5.56 Å². The van der Waals surface area contributed by atoms with Crippen molar-refractivity contribution in [1.82, 2.24) is 10.3 Å². The van der Waals surface area contributed by atoms with Gasteiger partial charge in [-0.1, -0.05) is 24.2 Å². The number of rotatable bonds is 4. The fourth-order valence-electron chi connectivity index (χ4n) is 4.65. The summed E-state index contributed by atoms with van der Waals surface area (Å²) in [7, 11) is 0. The molecule has 2 aromatic carbocycles. The highest BCUT2D eigenvalue weighted by atomic mass is 32.2. The molecule has 3 nitrogen and oxygen atoms in total. The van der Waals surface area contributed by atoms with Gasteiger partial charge >= 0.3 is 6.18 Å². The molecule has 1 spiro atoms. The van der Waals surface area contributed by atoms with Crippen LogP contribution in [0.5, 0.6) is 0 Å². The quantitative estimate of drug-likeness (QED) is 0.503. The van der Waals surface area contributed by atoms with E-state index in [1.54, 1.807) is 6.20 Å². The summed E-state index contributed by atoms with van der Waals surface area (Å²) >= 11 is 1.35. The van der Waals surface area contributed by atoms with Crippen LogP contribution in [0, 0.1) is 5.41 Å². The molecule has 1 amide bonds. The highest BCUT2D eigenvalue weighted by molar-refractivity contribution is 7.99. The standard InChI is InChI=1S/C23H21F3N2OS/c24-23(25,26)14-5-7-15(8-6-14)30-18-13-27-17-4-1-3-16(20(17)18)21(29)28-19-9-12-22(19)10-2-11-22/h1,3-8,13,19,27H,2,9-12H2,(H,28,29). The SMILES string of the molecule is O=C(NC1CCC12CCC2)c1cccc2[nH]cc(Sc3ccc(C(F)(F)F)cc3)c12. The third kappa shape index (κ3) is 3.29. The molecular formula is C23H21F3N2OS. The zero-order valence-electron chi connectivity index (χ0n) is 16.2. The summed E-state index contributed by atoms with van der Waals surface area (Å²) in [4.78, 5) is 17.8. The number of hydrogen-bond acceptors (Lipinski definition) is 2. The van der Waals surface area contributed by atoms with Crippen LogP contribution in [-0.4, -0.2) is 16.9 Å². The number of nitrogens with one attached hydrogen (secondary N) is 2. The fourth-order valence-corrected chi connectivity index (χ4v) is 5.62. The molecular weight excluding hydrogens is 409 g/mol. The van der Waals surface area contributed by atoms with Gasteiger partial charge in [-0.15, -0.1) is 0 Å². The van der Waals surface area contributed by atoms with Crippen LogP contribution in [-0.2, 0) is 6.18 Å². The third-order valence-corrected chi connectivity index (χ3v) is 7.70. The molecule has 2 saturated carbocycles. The molecule has 2 aliphatic rings. The summed E-state index contributed by atoms with van der Waals surface area (Å²) in [5.74, 6) is -0.0783. The number of amides is 1. The molecule has 0 aliphatic heterocycles. The van der Waals surface area contributed by atoms with Gasteiger partial charge in [0.15, 0.2) is 0 Å². The van der Waals surface area contributed by atoms with E-state index in [2.05, 4.69) is 10.3 Å². The lowest BCUT2D eigenvalue weighted by atomic mass is 9.53. The van der Waals surface area contributed by atoms with E-state index in [0.717, 1.165) is 34.4 Å². The Balaban J connectivity index is 1.41. The van der Waals surface area contributed by atoms with E-state index in [-0.39, 0.29) is 11.9 Å². The number of fused-ring (bicyclic) bond motifs is 1. The first-order valence-electron chi connectivity index (χ1n) is 10.1. The highest BCUT2D eigenvalue weighted by Gasteiger charge is 2.51. The second kappa shape index (κ2) is 7.08. The van der Waals surface area contributed by atoms with Crippen molar-refractivity contribution in [3.05, 3.63) is 59.8 Å². The number of alkyl halides is 3. The van der Waals surface area contributed by atoms with Crippen molar-refractivity contribution < 1.29 is 18.0 Å². The highest BCUT2D eigenvalue weighted by Crippen LogP contribution is 2.55. The van der Waals surface area contributed by atoms with E-state index >= 15 is 0 Å². The Morgan fingerprint density at radius 3 is 2.47 bits per heavy atom. The van der Waals surface area contributed by atoms with Gasteiger partial charge in [-0.05, 0) is 67.5 Å². The van der Waals surface area contributed by atoms with Gasteiger partial charge in [-0.25, -0.2) is 0 Å². The molecule has 0 saturated heterocycles. The summed E-state index contributed by atoms with van der Waals surface area (Å²) in [6.07, 6.45) is 3.31. The molecule has 2 aliphatic carbocycles. The van der Waals surface area contributed by atoms with Crippen LogP contribution < -0.4 is 5.32 Å². The number of H-pyrrole nitrogens is 1. The number of carbonyl (C=O) groups excluding carboxylic acids is 1. The van der Waals surface area contributed by atoms with E-state index in [1.807, 2.05) is 18.2 Å². The van der Waals surface area contributed by atoms with Crippen molar-refractivity contribution in [2.75, 3.05) is 0 Å². The monoisotopic (exact) mass is 430 g/mol. The second-order valence-corrected chi connectivity index (χ2v) is 9.40. The van der Waals surface area contributed by atoms with Gasteiger partial charge in [0.25, 0.3) is 5.91 Å². The molecule has 5 rings (SSSR count). The first kappa shape index (κ1) is 19.5. The van der Waals surface area contributed by atoms with Gasteiger partial charge in [0.2, 0.25) is 0 Å². The summed E-state index contributed by atoms with van der Waals surface area (Å²) < 4.78 is 38.4. The second-order valence-electron chi connectivity index (χ2n) is 8.29. The maximum Gasteiger partial charge on any atom is 0.416 e. The summed E-state index contributed by atoms with van der Waals surface area (Å²) in [5, 5.41) is 4.04. The van der Waals surface area contributed by atoms with Gasteiger partial charge in [0.1, 0.15) is 0 Å². The first-order valence-corrected chi connectivity index (χ1v) is 10.9. The third-order valence-electron chi connectivity index (χ3n) is 6.65. The van der Waals surface area contributed by atoms with Crippen LogP contribution in [0.15, 0.2) is 58.5 Å². The van der Waals surface area contributed by atoms with Crippen molar-refractivity contribution in [2.24, 2.45) is 5.41 Å². The summed E-state index contributed by atoms with van der Waals surface area (Å²) in [5.41, 5.74) is 1.09. The minimum Gasteiger partial charge on any atom is -0.360 e. The average molecular weight is 430 g/mol. The predicted octanol–water partition coefficient (Wildman–Crippen LogP) is 6.40. The van der Waals surface area contributed by atoms with Crippen molar-refractivity contribution in [3.63, 3.8) is 0 Å². The van der Waals surface area contributed by atoms with Gasteiger partial charge < -0.3 is 10.3 Å². The Kier molecular flexibility index (Phi) is 4.61. The van der Waals surface area contributed by atoms with E-state index in [4.69, 9.17) is 0 Å². The van der Waals surface area contributed by atoms with E-state index < -0.39 is 11.7 Å². The normalized spacial score (nSPS) is 20.0. The smallest absolute Gasteiger partial charge is 0.360 e. The lowest BCUT2D eigenvalue weighted by Gasteiger charge is -2.56. The lowest BCUT2D eigenvalue weighted by Crippen LogP contribution is -2.58. The van der Waals surface area contributed by atoms with Crippen LogP contribution in [0.25, 0.3) is 10.9 Å². The molecule has 1 unspecified atom stereocenters. The molecule has 156 valence electrons. The van der Waals surface area contributed by atoms with Gasteiger partial charge in [-0.2, -0.15) is 13.2 Å². The van der Waals surface area contributed by atoms with Crippen LogP contribution in [0.1, 0.15) is 48.0 Å². The predicted molar refractivity (Wildman–Crippen MR) is 111 cm³/mol. The van der Waals surface area contributed by atoms with Crippen LogP contribution in [0.2, 0.25) is 0 Å². The van der Waals surface area contributed by atoms with Gasteiger partial charge in [-0.3, -0.25) is 4.79 Å². The molecule has 1 heterocycles. The molecule has 0 bridgehead atoms. The maximum absolute atomic E-state index is 13.1. The Bertz CT molecular complexity index is 1090. The minimum atomic E-state index is -4.35. The topological polar surface area (TPSA) is 44.9 Å². The largest absolute Gasteiger partial charge is 0.416 e. The zero-order chi connectivity index (χ0) is 20.9. The first-order chi connectivity index (χ1) is 14.4. The molecule has 2 fully saturated rings. The van der Waals surface area contributed by atoms with Crippen LogP contribution in [0.3, 0.4) is 0 Å². The van der Waals surface area contributed by atoms with Gasteiger partial charge in [0, 0.05) is 38.5 Å². The molecule has 3 aromatic rings. The zero-order valence-corrected chi connectivity index (χ0v) is 17.0. The van der Waals surface area contributed by atoms with Crippen molar-refractivity contribution in [3.8, 4) is 0 Å². The van der Waals surface area contributed by atoms with Crippen LogP contribution >= 0.6 is 11.8 Å². The average Bonchev–Trinajstić information content (AvgIpc) is 3.06. The lowest BCUT2D eigenvalue weighted by molar-refractivity contribution is -0.137. The number of halogens is 3. The molecule has 30 heavy (non-hydrogen) atoms. The summed E-state index contributed by atoms with van der Waals surface area (Å²) in [6, 6.07) is 10.9.